The van der Waals surface area contributed by atoms with E-state index >= 15 is 0 Å². The summed E-state index contributed by atoms with van der Waals surface area (Å²) in [6.07, 6.45) is 2.13. The molecule has 1 amide bonds. The summed E-state index contributed by atoms with van der Waals surface area (Å²) < 4.78 is 5.16. The van der Waals surface area contributed by atoms with E-state index in [-0.39, 0.29) is 11.9 Å². The molecule has 1 heterocycles. The van der Waals surface area contributed by atoms with Gasteiger partial charge in [-0.3, -0.25) is 4.79 Å². The number of rotatable bonds is 7. The Morgan fingerprint density at radius 3 is 2.38 bits per heavy atom. The summed E-state index contributed by atoms with van der Waals surface area (Å²) in [6, 6.07) is 8.56. The molecule has 1 aromatic carbocycles. The first-order valence-electron chi connectivity index (χ1n) is 8.72. The molecule has 2 aromatic rings. The van der Waals surface area contributed by atoms with Crippen LogP contribution < -0.4 is 5.32 Å². The number of aryl methyl sites for hydroxylation is 3. The Balaban J connectivity index is 2.00. The first-order valence-corrected chi connectivity index (χ1v) is 8.72. The van der Waals surface area contributed by atoms with Gasteiger partial charge in [-0.1, -0.05) is 50.2 Å². The summed E-state index contributed by atoms with van der Waals surface area (Å²) in [5.41, 5.74) is 4.38. The van der Waals surface area contributed by atoms with Crippen LogP contribution in [0.5, 0.6) is 0 Å². The van der Waals surface area contributed by atoms with Crippen molar-refractivity contribution in [3.63, 3.8) is 0 Å². The Kier molecular flexibility index (Phi) is 6.18. The molecule has 1 aromatic heterocycles. The van der Waals surface area contributed by atoms with E-state index in [2.05, 4.69) is 55.5 Å². The number of nitrogens with one attached hydrogen (secondary N) is 1. The van der Waals surface area contributed by atoms with Crippen molar-refractivity contribution >= 4 is 5.91 Å². The third kappa shape index (κ3) is 4.47. The van der Waals surface area contributed by atoms with E-state index in [4.69, 9.17) is 4.52 Å². The van der Waals surface area contributed by atoms with Gasteiger partial charge in [0.25, 0.3) is 0 Å². The Bertz CT molecular complexity index is 652. The fourth-order valence-corrected chi connectivity index (χ4v) is 2.94. The maximum Gasteiger partial charge on any atom is 0.220 e. The smallest absolute Gasteiger partial charge is 0.220 e. The maximum absolute atomic E-state index is 12.4. The summed E-state index contributed by atoms with van der Waals surface area (Å²) in [5.74, 6) is 1.20. The zero-order valence-corrected chi connectivity index (χ0v) is 15.3. The van der Waals surface area contributed by atoms with Gasteiger partial charge >= 0.3 is 0 Å². The van der Waals surface area contributed by atoms with Gasteiger partial charge < -0.3 is 9.84 Å². The van der Waals surface area contributed by atoms with Crippen molar-refractivity contribution in [2.75, 3.05) is 0 Å². The number of aromatic nitrogens is 1. The highest BCUT2D eigenvalue weighted by Crippen LogP contribution is 2.23. The van der Waals surface area contributed by atoms with Gasteiger partial charge in [-0.15, -0.1) is 0 Å². The van der Waals surface area contributed by atoms with Crippen LogP contribution in [-0.2, 0) is 17.6 Å². The lowest BCUT2D eigenvalue weighted by Gasteiger charge is -2.23. The average Bonchev–Trinajstić information content (AvgIpc) is 2.89. The third-order valence-electron chi connectivity index (χ3n) is 4.51. The van der Waals surface area contributed by atoms with Gasteiger partial charge in [-0.25, -0.2) is 0 Å². The number of amides is 1. The SMILES string of the molecule is CCc1ccc(C(NC(=O)CCc2c(C)noc2C)C(C)C)cc1. The maximum atomic E-state index is 12.4. The molecule has 4 heteroatoms. The first-order chi connectivity index (χ1) is 11.4. The number of hydrogen-bond donors (Lipinski definition) is 1. The predicted molar refractivity (Wildman–Crippen MR) is 95.8 cm³/mol. The second-order valence-electron chi connectivity index (χ2n) is 6.69. The molecule has 0 bridgehead atoms. The van der Waals surface area contributed by atoms with Gasteiger partial charge in [-0.05, 0) is 43.7 Å². The summed E-state index contributed by atoms with van der Waals surface area (Å²) in [5, 5.41) is 7.12. The molecule has 0 radical (unpaired) electrons. The molecule has 0 aliphatic heterocycles. The lowest BCUT2D eigenvalue weighted by atomic mass is 9.94. The molecule has 1 unspecified atom stereocenters. The summed E-state index contributed by atoms with van der Waals surface area (Å²) in [6.45, 7) is 10.2. The Hall–Kier alpha value is -2.10. The van der Waals surface area contributed by atoms with Crippen molar-refractivity contribution in [3.8, 4) is 0 Å². The van der Waals surface area contributed by atoms with Crippen LogP contribution in [0.15, 0.2) is 28.8 Å². The number of benzene rings is 1. The molecule has 0 aliphatic carbocycles. The quantitative estimate of drug-likeness (QED) is 0.824. The molecule has 1 atom stereocenters. The molecule has 1 N–H and O–H groups in total. The molecular formula is C20H28N2O2. The van der Waals surface area contributed by atoms with Gasteiger partial charge in [0.15, 0.2) is 0 Å². The Labute approximate surface area is 144 Å². The number of hydrogen-bond acceptors (Lipinski definition) is 3. The van der Waals surface area contributed by atoms with Crippen LogP contribution >= 0.6 is 0 Å². The third-order valence-corrected chi connectivity index (χ3v) is 4.51. The van der Waals surface area contributed by atoms with Gasteiger partial charge in [0.2, 0.25) is 5.91 Å². The van der Waals surface area contributed by atoms with Crippen molar-refractivity contribution in [2.45, 2.75) is 59.9 Å². The zero-order chi connectivity index (χ0) is 17.7. The van der Waals surface area contributed by atoms with Crippen LogP contribution in [-0.4, -0.2) is 11.1 Å². The summed E-state index contributed by atoms with van der Waals surface area (Å²) >= 11 is 0. The number of carbonyl (C=O) groups excluding carboxylic acids is 1. The second-order valence-corrected chi connectivity index (χ2v) is 6.69. The zero-order valence-electron chi connectivity index (χ0n) is 15.3. The van der Waals surface area contributed by atoms with E-state index in [1.54, 1.807) is 0 Å². The minimum atomic E-state index is 0.0353. The lowest BCUT2D eigenvalue weighted by Crippen LogP contribution is -2.32. The molecule has 0 saturated carbocycles. The molecule has 0 aliphatic rings. The highest BCUT2D eigenvalue weighted by atomic mass is 16.5. The van der Waals surface area contributed by atoms with E-state index in [0.29, 0.717) is 18.8 Å². The Morgan fingerprint density at radius 2 is 1.88 bits per heavy atom. The van der Waals surface area contributed by atoms with Crippen molar-refractivity contribution in [3.05, 3.63) is 52.4 Å². The van der Waals surface area contributed by atoms with E-state index in [1.807, 2.05) is 13.8 Å². The van der Waals surface area contributed by atoms with Crippen molar-refractivity contribution in [1.82, 2.24) is 10.5 Å². The van der Waals surface area contributed by atoms with E-state index in [0.717, 1.165) is 29.0 Å². The van der Waals surface area contributed by atoms with Crippen LogP contribution in [0.25, 0.3) is 0 Å². The number of carbonyl (C=O) groups is 1. The van der Waals surface area contributed by atoms with Crippen molar-refractivity contribution < 1.29 is 9.32 Å². The standard InChI is InChI=1S/C20H28N2O2/c1-6-16-7-9-17(10-8-16)20(13(2)3)21-19(23)12-11-18-14(4)22-24-15(18)5/h7-10,13,20H,6,11-12H2,1-5H3,(H,21,23). The Morgan fingerprint density at radius 1 is 1.21 bits per heavy atom. The van der Waals surface area contributed by atoms with Gasteiger partial charge in [-0.2, -0.15) is 0 Å². The highest BCUT2D eigenvalue weighted by Gasteiger charge is 2.19. The van der Waals surface area contributed by atoms with Gasteiger partial charge in [0, 0.05) is 12.0 Å². The minimum absolute atomic E-state index is 0.0353. The van der Waals surface area contributed by atoms with E-state index in [1.165, 1.54) is 5.56 Å². The molecule has 0 fully saturated rings. The topological polar surface area (TPSA) is 55.1 Å². The van der Waals surface area contributed by atoms with Crippen molar-refractivity contribution in [2.24, 2.45) is 5.92 Å². The van der Waals surface area contributed by atoms with Gasteiger partial charge in [0.1, 0.15) is 5.76 Å². The largest absolute Gasteiger partial charge is 0.361 e. The van der Waals surface area contributed by atoms with Crippen molar-refractivity contribution in [1.29, 1.82) is 0 Å². The van der Waals surface area contributed by atoms with Crippen LogP contribution in [0.2, 0.25) is 0 Å². The summed E-state index contributed by atoms with van der Waals surface area (Å²) in [7, 11) is 0. The molecule has 0 spiro atoms. The second kappa shape index (κ2) is 8.13. The number of nitrogens with zero attached hydrogens (tertiary/aromatic N) is 1. The molecule has 0 saturated heterocycles. The van der Waals surface area contributed by atoms with E-state index in [9.17, 15) is 4.79 Å². The monoisotopic (exact) mass is 328 g/mol. The molecule has 4 nitrogen and oxygen atoms in total. The molecule has 130 valence electrons. The first kappa shape index (κ1) is 18.2. The molecule has 24 heavy (non-hydrogen) atoms. The van der Waals surface area contributed by atoms with Crippen LogP contribution in [0.3, 0.4) is 0 Å². The molecular weight excluding hydrogens is 300 g/mol. The van der Waals surface area contributed by atoms with Gasteiger partial charge in [0.05, 0.1) is 11.7 Å². The molecule has 2 rings (SSSR count). The fraction of sp³-hybridized carbons (Fsp3) is 0.500. The minimum Gasteiger partial charge on any atom is -0.361 e. The summed E-state index contributed by atoms with van der Waals surface area (Å²) in [4.78, 5) is 12.4. The van der Waals surface area contributed by atoms with Crippen LogP contribution in [0.4, 0.5) is 0 Å². The van der Waals surface area contributed by atoms with Crippen LogP contribution in [0, 0.1) is 19.8 Å². The average molecular weight is 328 g/mol. The highest BCUT2D eigenvalue weighted by molar-refractivity contribution is 5.76. The van der Waals surface area contributed by atoms with E-state index < -0.39 is 0 Å². The lowest BCUT2D eigenvalue weighted by molar-refractivity contribution is -0.122. The predicted octanol–water partition coefficient (Wildman–Crippen LogP) is 4.30. The normalized spacial score (nSPS) is 12.4. The fourth-order valence-electron chi connectivity index (χ4n) is 2.94. The van der Waals surface area contributed by atoms with Crippen LogP contribution in [0.1, 0.15) is 61.4 Å².